The third-order valence-electron chi connectivity index (χ3n) is 0.691. The van der Waals surface area contributed by atoms with E-state index in [1.165, 1.54) is 0 Å². The lowest BCUT2D eigenvalue weighted by atomic mass is 10.6. The molecule has 2 nitrogen and oxygen atoms in total. The van der Waals surface area contributed by atoms with Gasteiger partial charge in [0.05, 0.1) is 0 Å². The topological polar surface area (TPSA) is 34.1 Å². The van der Waals surface area contributed by atoms with E-state index in [9.17, 15) is 21.6 Å². The zero-order valence-electron chi connectivity index (χ0n) is 5.17. The van der Waals surface area contributed by atoms with Gasteiger partial charge >= 0.3 is 5.51 Å². The smallest absolute Gasteiger partial charge is 0.215 e. The SMILES string of the molecule is [CH]=CC=CS(=O)(=O)C(F)(F)F. The molecule has 11 heavy (non-hydrogen) atoms. The molecule has 0 fully saturated rings. The van der Waals surface area contributed by atoms with Crippen molar-refractivity contribution in [1.29, 1.82) is 0 Å². The highest BCUT2D eigenvalue weighted by molar-refractivity contribution is 7.95. The summed E-state index contributed by atoms with van der Waals surface area (Å²) in [6.45, 7) is 4.64. The first-order valence-electron chi connectivity index (χ1n) is 2.34. The predicted molar refractivity (Wildman–Crippen MR) is 33.0 cm³/mol. The normalized spacial score (nSPS) is 13.7. The Morgan fingerprint density at radius 3 is 2.00 bits per heavy atom. The van der Waals surface area contributed by atoms with Gasteiger partial charge in [-0.2, -0.15) is 13.2 Å². The van der Waals surface area contributed by atoms with Crippen molar-refractivity contribution >= 4 is 9.84 Å². The Labute approximate surface area is 61.9 Å². The summed E-state index contributed by atoms with van der Waals surface area (Å²) in [5.74, 6) is 0. The van der Waals surface area contributed by atoms with Gasteiger partial charge in [-0.05, 0) is 0 Å². The maximum Gasteiger partial charge on any atom is 0.501 e. The van der Waals surface area contributed by atoms with Crippen LogP contribution in [0.3, 0.4) is 0 Å². The van der Waals surface area contributed by atoms with Crippen molar-refractivity contribution in [2.45, 2.75) is 5.51 Å². The van der Waals surface area contributed by atoms with Crippen LogP contribution < -0.4 is 0 Å². The van der Waals surface area contributed by atoms with Crippen LogP contribution in [0.15, 0.2) is 17.6 Å². The van der Waals surface area contributed by atoms with Crippen molar-refractivity contribution in [1.82, 2.24) is 0 Å². The summed E-state index contributed by atoms with van der Waals surface area (Å²) in [7, 11) is -5.15. The fourth-order valence-corrected chi connectivity index (χ4v) is 0.678. The van der Waals surface area contributed by atoms with Crippen molar-refractivity contribution in [2.24, 2.45) is 0 Å². The van der Waals surface area contributed by atoms with Gasteiger partial charge in [0.2, 0.25) is 0 Å². The molecule has 0 atom stereocenters. The minimum absolute atomic E-state index is 0.00694. The van der Waals surface area contributed by atoms with Crippen LogP contribution >= 0.6 is 0 Å². The zero-order chi connectivity index (χ0) is 9.12. The number of hydrogen-bond donors (Lipinski definition) is 0. The fourth-order valence-electron chi connectivity index (χ4n) is 0.226. The lowest BCUT2D eigenvalue weighted by molar-refractivity contribution is -0.0423. The van der Waals surface area contributed by atoms with Crippen molar-refractivity contribution in [2.75, 3.05) is 0 Å². The van der Waals surface area contributed by atoms with Gasteiger partial charge in [-0.15, -0.1) is 0 Å². The summed E-state index contributed by atoms with van der Waals surface area (Å²) in [6.07, 6.45) is 1.30. The standard InChI is InChI=1S/C5H4F3O2S/c1-2-3-4-11(9,10)5(6,7)8/h1-4H. The summed E-state index contributed by atoms with van der Waals surface area (Å²) < 4.78 is 54.6. The maximum absolute atomic E-state index is 11.5. The molecule has 0 aliphatic carbocycles. The Hall–Kier alpha value is -0.780. The Morgan fingerprint density at radius 2 is 1.73 bits per heavy atom. The van der Waals surface area contributed by atoms with E-state index in [0.29, 0.717) is 12.2 Å². The monoisotopic (exact) mass is 185 g/mol. The molecule has 6 heteroatoms. The van der Waals surface area contributed by atoms with E-state index in [1.54, 1.807) is 0 Å². The van der Waals surface area contributed by atoms with Crippen molar-refractivity contribution in [3.05, 3.63) is 24.1 Å². The van der Waals surface area contributed by atoms with Crippen molar-refractivity contribution in [3.8, 4) is 0 Å². The number of alkyl halides is 3. The number of rotatable bonds is 2. The summed E-state index contributed by atoms with van der Waals surface area (Å²) in [4.78, 5) is 0. The summed E-state index contributed by atoms with van der Waals surface area (Å²) in [5.41, 5.74) is -5.24. The minimum atomic E-state index is -5.24. The third-order valence-corrected chi connectivity index (χ3v) is 1.85. The molecular weight excluding hydrogens is 181 g/mol. The van der Waals surface area contributed by atoms with E-state index in [1.807, 2.05) is 0 Å². The highest BCUT2D eigenvalue weighted by Crippen LogP contribution is 2.24. The molecule has 0 unspecified atom stereocenters. The average Bonchev–Trinajstić information content (AvgIpc) is 1.81. The molecular formula is C5H4F3O2S. The van der Waals surface area contributed by atoms with Gasteiger partial charge in [0.25, 0.3) is 9.84 Å². The van der Waals surface area contributed by atoms with Crippen LogP contribution in [0, 0.1) is 6.58 Å². The number of halogens is 3. The molecule has 0 saturated carbocycles. The van der Waals surface area contributed by atoms with Crippen LogP contribution in [0.2, 0.25) is 0 Å². The molecule has 0 rings (SSSR count). The van der Waals surface area contributed by atoms with Crippen LogP contribution in [0.5, 0.6) is 0 Å². The number of hydrogen-bond acceptors (Lipinski definition) is 2. The molecule has 0 aromatic rings. The first-order chi connectivity index (χ1) is 4.81. The van der Waals surface area contributed by atoms with Crippen LogP contribution in [-0.2, 0) is 9.84 Å². The molecule has 0 bridgehead atoms. The predicted octanol–water partition coefficient (Wildman–Crippen LogP) is 1.42. The molecule has 0 amide bonds. The number of allylic oxidation sites excluding steroid dienone is 2. The summed E-state index contributed by atoms with van der Waals surface area (Å²) in [6, 6.07) is 0. The maximum atomic E-state index is 11.5. The van der Waals surface area contributed by atoms with Gasteiger partial charge < -0.3 is 0 Å². The molecule has 0 spiro atoms. The zero-order valence-corrected chi connectivity index (χ0v) is 5.98. The Kier molecular flexibility index (Phi) is 2.86. The molecule has 1 radical (unpaired) electrons. The van der Waals surface area contributed by atoms with Crippen LogP contribution in [0.4, 0.5) is 13.2 Å². The quantitative estimate of drug-likeness (QED) is 0.610. The minimum Gasteiger partial charge on any atom is -0.215 e. The Balaban J connectivity index is 4.78. The first kappa shape index (κ1) is 10.2. The van der Waals surface area contributed by atoms with Gasteiger partial charge in [0, 0.05) is 5.41 Å². The van der Waals surface area contributed by atoms with Crippen LogP contribution in [0.25, 0.3) is 0 Å². The van der Waals surface area contributed by atoms with Gasteiger partial charge in [-0.1, -0.05) is 18.7 Å². The van der Waals surface area contributed by atoms with E-state index in [-0.39, 0.29) is 5.41 Å². The van der Waals surface area contributed by atoms with Crippen molar-refractivity contribution in [3.63, 3.8) is 0 Å². The molecule has 63 valence electrons. The second-order valence-electron chi connectivity index (χ2n) is 1.51. The Bertz CT molecular complexity index is 260. The van der Waals surface area contributed by atoms with E-state index in [0.717, 1.165) is 0 Å². The van der Waals surface area contributed by atoms with E-state index < -0.39 is 15.3 Å². The fraction of sp³-hybridized carbons (Fsp3) is 0.200. The van der Waals surface area contributed by atoms with Crippen LogP contribution in [-0.4, -0.2) is 13.9 Å². The molecule has 0 N–H and O–H groups in total. The largest absolute Gasteiger partial charge is 0.501 e. The molecule has 0 aliphatic heterocycles. The molecule has 0 saturated heterocycles. The van der Waals surface area contributed by atoms with E-state index in [2.05, 4.69) is 6.58 Å². The van der Waals surface area contributed by atoms with E-state index >= 15 is 0 Å². The third kappa shape index (κ3) is 2.75. The second kappa shape index (κ2) is 3.08. The lowest BCUT2D eigenvalue weighted by Gasteiger charge is -2.01. The summed E-state index contributed by atoms with van der Waals surface area (Å²) in [5, 5.41) is -0.00694. The molecule has 0 aromatic heterocycles. The van der Waals surface area contributed by atoms with Gasteiger partial charge in [0.1, 0.15) is 0 Å². The highest BCUT2D eigenvalue weighted by atomic mass is 32.2. The lowest BCUT2D eigenvalue weighted by Crippen LogP contribution is -2.20. The van der Waals surface area contributed by atoms with Gasteiger partial charge in [-0.3, -0.25) is 0 Å². The van der Waals surface area contributed by atoms with Gasteiger partial charge in [0.15, 0.2) is 0 Å². The van der Waals surface area contributed by atoms with Gasteiger partial charge in [-0.25, -0.2) is 8.42 Å². The summed E-state index contributed by atoms with van der Waals surface area (Å²) >= 11 is 0. The molecule has 0 aliphatic rings. The molecule has 0 aromatic carbocycles. The Morgan fingerprint density at radius 1 is 1.27 bits per heavy atom. The highest BCUT2D eigenvalue weighted by Gasteiger charge is 2.43. The van der Waals surface area contributed by atoms with Crippen LogP contribution in [0.1, 0.15) is 0 Å². The number of sulfone groups is 1. The van der Waals surface area contributed by atoms with Crippen molar-refractivity contribution < 1.29 is 21.6 Å². The second-order valence-corrected chi connectivity index (χ2v) is 3.34. The molecule has 0 heterocycles. The first-order valence-corrected chi connectivity index (χ1v) is 3.89. The van der Waals surface area contributed by atoms with E-state index in [4.69, 9.17) is 0 Å². The average molecular weight is 185 g/mol.